The van der Waals surface area contributed by atoms with Crippen LogP contribution in [0.15, 0.2) is 51.4 Å². The Kier molecular flexibility index (Phi) is 4.01. The predicted octanol–water partition coefficient (Wildman–Crippen LogP) is 0.674. The van der Waals surface area contributed by atoms with Gasteiger partial charge in [-0.15, -0.1) is 0 Å². The van der Waals surface area contributed by atoms with E-state index in [9.17, 15) is 9.59 Å². The van der Waals surface area contributed by atoms with Gasteiger partial charge in [0.05, 0.1) is 5.75 Å². The third-order valence-corrected chi connectivity index (χ3v) is 3.45. The zero-order chi connectivity index (χ0) is 15.4. The van der Waals surface area contributed by atoms with E-state index in [0.717, 1.165) is 11.8 Å². The van der Waals surface area contributed by atoms with Crippen LogP contribution >= 0.6 is 11.8 Å². The van der Waals surface area contributed by atoms with Crippen molar-refractivity contribution in [2.45, 2.75) is 5.16 Å². The highest BCUT2D eigenvalue weighted by Gasteiger charge is 2.14. The van der Waals surface area contributed by atoms with E-state index in [2.05, 4.69) is 30.2 Å². The maximum atomic E-state index is 11.9. The Morgan fingerprint density at radius 3 is 2.95 bits per heavy atom. The van der Waals surface area contributed by atoms with Gasteiger partial charge in [-0.3, -0.25) is 9.59 Å². The maximum Gasteiger partial charge on any atom is 0.251 e. The molecule has 0 bridgehead atoms. The molecule has 3 aromatic rings. The van der Waals surface area contributed by atoms with E-state index in [1.54, 1.807) is 17.0 Å². The topological polar surface area (TPSA) is 119 Å². The standard InChI is InChI=1S/C12H10N6O3S/c19-8-3-4-13-12(15-8)22-7-9(20)14-10-11(17-21-16-10)18-5-1-2-6-18/h1-6H,7H2,(H,13,15,19)(H,14,16,20). The Balaban J connectivity index is 1.63. The molecule has 0 aliphatic heterocycles. The van der Waals surface area contributed by atoms with Gasteiger partial charge in [-0.05, 0) is 22.4 Å². The number of carbonyl (C=O) groups excluding carboxylic acids is 1. The first kappa shape index (κ1) is 14.1. The molecule has 1 amide bonds. The van der Waals surface area contributed by atoms with Gasteiger partial charge in [0.1, 0.15) is 0 Å². The largest absolute Gasteiger partial charge is 0.304 e. The fourth-order valence-electron chi connectivity index (χ4n) is 1.64. The normalized spacial score (nSPS) is 10.5. The molecular weight excluding hydrogens is 308 g/mol. The second kappa shape index (κ2) is 6.26. The van der Waals surface area contributed by atoms with Crippen LogP contribution in [0.25, 0.3) is 5.82 Å². The highest BCUT2D eigenvalue weighted by Crippen LogP contribution is 2.16. The number of hydrogen-bond donors (Lipinski definition) is 2. The van der Waals surface area contributed by atoms with Crippen LogP contribution in [0.1, 0.15) is 0 Å². The van der Waals surface area contributed by atoms with Crippen molar-refractivity contribution < 1.29 is 9.42 Å². The van der Waals surface area contributed by atoms with Crippen molar-refractivity contribution in [1.82, 2.24) is 24.8 Å². The van der Waals surface area contributed by atoms with Crippen LogP contribution in [0.2, 0.25) is 0 Å². The average Bonchev–Trinajstić information content (AvgIpc) is 3.16. The number of hydrogen-bond acceptors (Lipinski definition) is 7. The molecule has 112 valence electrons. The molecule has 0 aliphatic rings. The lowest BCUT2D eigenvalue weighted by molar-refractivity contribution is -0.113. The molecule has 3 heterocycles. The summed E-state index contributed by atoms with van der Waals surface area (Å²) in [6.07, 6.45) is 4.88. The average molecular weight is 318 g/mol. The highest BCUT2D eigenvalue weighted by atomic mass is 32.2. The minimum Gasteiger partial charge on any atom is -0.304 e. The van der Waals surface area contributed by atoms with Crippen molar-refractivity contribution in [2.24, 2.45) is 0 Å². The molecule has 0 fully saturated rings. The molecule has 2 N–H and O–H groups in total. The van der Waals surface area contributed by atoms with E-state index in [-0.39, 0.29) is 23.0 Å². The van der Waals surface area contributed by atoms with Gasteiger partial charge < -0.3 is 14.9 Å². The summed E-state index contributed by atoms with van der Waals surface area (Å²) in [7, 11) is 0. The number of carbonyl (C=O) groups is 1. The summed E-state index contributed by atoms with van der Waals surface area (Å²) in [6.45, 7) is 0. The van der Waals surface area contributed by atoms with Crippen LogP contribution in [0.4, 0.5) is 5.82 Å². The summed E-state index contributed by atoms with van der Waals surface area (Å²) in [6, 6.07) is 4.93. The molecule has 3 aromatic heterocycles. The first-order valence-corrected chi connectivity index (χ1v) is 7.15. The van der Waals surface area contributed by atoms with Gasteiger partial charge in [-0.25, -0.2) is 9.61 Å². The van der Waals surface area contributed by atoms with E-state index in [1.807, 2.05) is 12.1 Å². The number of rotatable bonds is 5. The summed E-state index contributed by atoms with van der Waals surface area (Å²) >= 11 is 1.10. The molecule has 0 radical (unpaired) electrons. The summed E-state index contributed by atoms with van der Waals surface area (Å²) in [5.74, 6) is 0.344. The molecule has 0 unspecified atom stereocenters. The first-order chi connectivity index (χ1) is 10.7. The maximum absolute atomic E-state index is 11.9. The number of nitrogens with zero attached hydrogens (tertiary/aromatic N) is 4. The minimum absolute atomic E-state index is 0.0604. The molecule has 10 heteroatoms. The number of H-pyrrole nitrogens is 1. The molecule has 0 aliphatic carbocycles. The second-order valence-corrected chi connectivity index (χ2v) is 5.07. The third kappa shape index (κ3) is 3.23. The Hall–Kier alpha value is -2.88. The number of nitrogens with one attached hydrogen (secondary N) is 2. The van der Waals surface area contributed by atoms with E-state index < -0.39 is 0 Å². The SMILES string of the molecule is O=C(CSc1nccc(=O)[nH]1)Nc1nonc1-n1cccc1. The molecular formula is C12H10N6O3S. The van der Waals surface area contributed by atoms with Crippen LogP contribution in [0, 0.1) is 0 Å². The van der Waals surface area contributed by atoms with Gasteiger partial charge >= 0.3 is 0 Å². The number of amides is 1. The lowest BCUT2D eigenvalue weighted by Gasteiger charge is -2.03. The number of aromatic nitrogens is 5. The summed E-state index contributed by atoms with van der Waals surface area (Å²) in [5.41, 5.74) is -0.270. The monoisotopic (exact) mass is 318 g/mol. The van der Waals surface area contributed by atoms with Crippen LogP contribution in [0.3, 0.4) is 0 Å². The molecule has 9 nitrogen and oxygen atoms in total. The fraction of sp³-hybridized carbons (Fsp3) is 0.0833. The van der Waals surface area contributed by atoms with Crippen molar-refractivity contribution >= 4 is 23.5 Å². The molecule has 0 spiro atoms. The van der Waals surface area contributed by atoms with Gasteiger partial charge in [-0.2, -0.15) is 0 Å². The zero-order valence-corrected chi connectivity index (χ0v) is 11.9. The van der Waals surface area contributed by atoms with Crippen LogP contribution in [0.5, 0.6) is 0 Å². The van der Waals surface area contributed by atoms with Crippen LogP contribution in [-0.2, 0) is 4.79 Å². The Bertz CT molecular complexity index is 825. The summed E-state index contributed by atoms with van der Waals surface area (Å²) in [4.78, 5) is 29.5. The van der Waals surface area contributed by atoms with Gasteiger partial charge in [-0.1, -0.05) is 11.8 Å². The van der Waals surface area contributed by atoms with Crippen molar-refractivity contribution in [2.75, 3.05) is 11.1 Å². The molecule has 0 atom stereocenters. The number of anilines is 1. The molecule has 0 aromatic carbocycles. The second-order valence-electron chi connectivity index (χ2n) is 4.10. The van der Waals surface area contributed by atoms with Crippen LogP contribution in [-0.4, -0.2) is 36.5 Å². The molecule has 3 rings (SSSR count). The lowest BCUT2D eigenvalue weighted by Crippen LogP contribution is -2.16. The van der Waals surface area contributed by atoms with Gasteiger partial charge in [0.25, 0.3) is 5.56 Å². The van der Waals surface area contributed by atoms with E-state index in [0.29, 0.717) is 11.0 Å². The Morgan fingerprint density at radius 1 is 1.36 bits per heavy atom. The van der Waals surface area contributed by atoms with E-state index >= 15 is 0 Å². The van der Waals surface area contributed by atoms with Crippen LogP contribution < -0.4 is 10.9 Å². The summed E-state index contributed by atoms with van der Waals surface area (Å²) < 4.78 is 6.31. The number of aromatic amines is 1. The lowest BCUT2D eigenvalue weighted by atomic mass is 10.5. The fourth-order valence-corrected chi connectivity index (χ4v) is 2.28. The third-order valence-electron chi connectivity index (χ3n) is 2.57. The number of thioether (sulfide) groups is 1. The van der Waals surface area contributed by atoms with E-state index in [4.69, 9.17) is 0 Å². The van der Waals surface area contributed by atoms with Gasteiger partial charge in [0.2, 0.25) is 17.5 Å². The van der Waals surface area contributed by atoms with Crippen molar-refractivity contribution in [1.29, 1.82) is 0 Å². The molecule has 0 saturated carbocycles. The zero-order valence-electron chi connectivity index (χ0n) is 11.1. The summed E-state index contributed by atoms with van der Waals surface area (Å²) in [5, 5.41) is 10.4. The van der Waals surface area contributed by atoms with Crippen molar-refractivity contribution in [3.63, 3.8) is 0 Å². The molecule has 0 saturated heterocycles. The smallest absolute Gasteiger partial charge is 0.251 e. The Labute approximate surface area is 127 Å². The molecule has 22 heavy (non-hydrogen) atoms. The Morgan fingerprint density at radius 2 is 2.18 bits per heavy atom. The highest BCUT2D eigenvalue weighted by molar-refractivity contribution is 7.99. The van der Waals surface area contributed by atoms with Gasteiger partial charge in [0.15, 0.2) is 5.16 Å². The predicted molar refractivity (Wildman–Crippen MR) is 77.8 cm³/mol. The minimum atomic E-state index is -0.319. The van der Waals surface area contributed by atoms with Gasteiger partial charge in [0, 0.05) is 24.7 Å². The van der Waals surface area contributed by atoms with E-state index in [1.165, 1.54) is 12.3 Å². The van der Waals surface area contributed by atoms with Crippen molar-refractivity contribution in [3.05, 3.63) is 47.1 Å². The van der Waals surface area contributed by atoms with Crippen molar-refractivity contribution in [3.8, 4) is 5.82 Å². The first-order valence-electron chi connectivity index (χ1n) is 6.16. The quantitative estimate of drug-likeness (QED) is 0.524.